The van der Waals surface area contributed by atoms with Crippen molar-refractivity contribution in [3.8, 4) is 5.75 Å². The predicted molar refractivity (Wildman–Crippen MR) is 79.3 cm³/mol. The summed E-state index contributed by atoms with van der Waals surface area (Å²) in [7, 11) is 0. The molecule has 1 aromatic rings. The highest BCUT2D eigenvalue weighted by molar-refractivity contribution is 5.75. The Labute approximate surface area is 125 Å². The number of nitrogens with two attached hydrogens (primary N) is 1. The van der Waals surface area contributed by atoms with E-state index >= 15 is 0 Å². The van der Waals surface area contributed by atoms with Gasteiger partial charge in [-0.1, -0.05) is 31.4 Å². The first-order valence-electron chi connectivity index (χ1n) is 7.49. The number of hydrogen-bond donors (Lipinski definition) is 2. The second-order valence-corrected chi connectivity index (χ2v) is 5.36. The van der Waals surface area contributed by atoms with Crippen molar-refractivity contribution in [2.45, 2.75) is 44.2 Å². The minimum Gasteiger partial charge on any atom is -0.491 e. The molecule has 0 heterocycles. The third-order valence-corrected chi connectivity index (χ3v) is 3.76. The molecule has 1 fully saturated rings. The summed E-state index contributed by atoms with van der Waals surface area (Å²) in [5.41, 5.74) is 6.09. The van der Waals surface area contributed by atoms with Crippen LogP contribution in [0.3, 0.4) is 0 Å². The van der Waals surface area contributed by atoms with Crippen molar-refractivity contribution in [1.29, 1.82) is 0 Å². The van der Waals surface area contributed by atoms with Gasteiger partial charge in [0.15, 0.2) is 0 Å². The maximum atomic E-state index is 10.8. The zero-order valence-electron chi connectivity index (χ0n) is 12.2. The first-order valence-corrected chi connectivity index (χ1v) is 7.49. The lowest BCUT2D eigenvalue weighted by Gasteiger charge is -2.21. The van der Waals surface area contributed by atoms with Gasteiger partial charge in [-0.2, -0.15) is 0 Å². The van der Waals surface area contributed by atoms with Crippen molar-refractivity contribution in [2.24, 2.45) is 5.73 Å². The molecule has 0 aromatic heterocycles. The predicted octanol–water partition coefficient (Wildman–Crippen LogP) is 2.50. The summed E-state index contributed by atoms with van der Waals surface area (Å²) in [6.45, 7) is 1.09. The highest BCUT2D eigenvalue weighted by atomic mass is 16.5. The van der Waals surface area contributed by atoms with Crippen LogP contribution in [0.1, 0.15) is 43.7 Å². The molecule has 0 aliphatic heterocycles. The molecule has 0 spiro atoms. The third kappa shape index (κ3) is 5.02. The monoisotopic (exact) mass is 293 g/mol. The van der Waals surface area contributed by atoms with Gasteiger partial charge in [-0.25, -0.2) is 0 Å². The Kier molecular flexibility index (Phi) is 6.02. The Hall–Kier alpha value is -1.59. The molecule has 1 aromatic carbocycles. The second kappa shape index (κ2) is 8.00. The fourth-order valence-corrected chi connectivity index (χ4v) is 2.52. The molecule has 116 valence electrons. The second-order valence-electron chi connectivity index (χ2n) is 5.36. The van der Waals surface area contributed by atoms with Crippen molar-refractivity contribution < 1.29 is 19.4 Å². The Bertz CT molecular complexity index is 440. The van der Waals surface area contributed by atoms with Crippen LogP contribution < -0.4 is 10.5 Å². The van der Waals surface area contributed by atoms with E-state index in [0.717, 1.165) is 12.8 Å². The minimum atomic E-state index is -1.04. The van der Waals surface area contributed by atoms with Crippen LogP contribution in [0.15, 0.2) is 24.3 Å². The fourth-order valence-electron chi connectivity index (χ4n) is 2.52. The van der Waals surface area contributed by atoms with Crippen LogP contribution in [-0.4, -0.2) is 30.4 Å². The number of aliphatic carboxylic acids is 1. The number of ether oxygens (including phenoxy) is 2. The molecule has 0 bridgehead atoms. The summed E-state index contributed by atoms with van der Waals surface area (Å²) in [6, 6.07) is 5.83. The first kappa shape index (κ1) is 15.8. The average Bonchev–Trinajstić information content (AvgIpc) is 2.52. The average molecular weight is 293 g/mol. The molecule has 1 saturated carbocycles. The first-order chi connectivity index (χ1) is 10.2. The van der Waals surface area contributed by atoms with Gasteiger partial charge in [0.2, 0.25) is 0 Å². The van der Waals surface area contributed by atoms with Crippen LogP contribution in [0.5, 0.6) is 5.75 Å². The molecule has 21 heavy (non-hydrogen) atoms. The van der Waals surface area contributed by atoms with Gasteiger partial charge in [-0.15, -0.1) is 0 Å². The SMILES string of the molecule is NC(C(=O)O)c1ccc(OCCOC2CCCCC2)cc1. The van der Waals surface area contributed by atoms with Crippen LogP contribution in [0.2, 0.25) is 0 Å². The summed E-state index contributed by atoms with van der Waals surface area (Å²) in [5, 5.41) is 8.83. The molecule has 1 unspecified atom stereocenters. The molecule has 5 heteroatoms. The zero-order valence-corrected chi connectivity index (χ0v) is 12.2. The third-order valence-electron chi connectivity index (χ3n) is 3.76. The van der Waals surface area contributed by atoms with E-state index in [1.54, 1.807) is 24.3 Å². The van der Waals surface area contributed by atoms with Crippen LogP contribution in [0.25, 0.3) is 0 Å². The van der Waals surface area contributed by atoms with Crippen molar-refractivity contribution in [2.75, 3.05) is 13.2 Å². The molecule has 0 amide bonds. The molecule has 1 atom stereocenters. The van der Waals surface area contributed by atoms with E-state index in [4.69, 9.17) is 20.3 Å². The lowest BCUT2D eigenvalue weighted by atomic mass is 9.98. The summed E-state index contributed by atoms with van der Waals surface area (Å²) < 4.78 is 11.4. The Balaban J connectivity index is 1.69. The van der Waals surface area contributed by atoms with Gasteiger partial charge >= 0.3 is 5.97 Å². The summed E-state index contributed by atoms with van der Waals surface area (Å²) in [5.74, 6) is -0.340. The van der Waals surface area contributed by atoms with Gasteiger partial charge < -0.3 is 20.3 Å². The molecule has 2 rings (SSSR count). The summed E-state index contributed by atoms with van der Waals surface area (Å²) in [4.78, 5) is 10.8. The molecular formula is C16H23NO4. The maximum Gasteiger partial charge on any atom is 0.325 e. The molecule has 1 aliphatic rings. The highest BCUT2D eigenvalue weighted by Crippen LogP contribution is 2.20. The number of benzene rings is 1. The molecule has 0 saturated heterocycles. The van der Waals surface area contributed by atoms with E-state index in [-0.39, 0.29) is 0 Å². The van der Waals surface area contributed by atoms with E-state index < -0.39 is 12.0 Å². The lowest BCUT2D eigenvalue weighted by molar-refractivity contribution is -0.138. The highest BCUT2D eigenvalue weighted by Gasteiger charge is 2.14. The van der Waals surface area contributed by atoms with Crippen LogP contribution in [-0.2, 0) is 9.53 Å². The van der Waals surface area contributed by atoms with E-state index in [1.165, 1.54) is 19.3 Å². The standard InChI is InChI=1S/C16H23NO4/c17-15(16(18)19)12-6-8-14(9-7-12)21-11-10-20-13-4-2-1-3-5-13/h6-9,13,15H,1-5,10-11,17H2,(H,18,19). The molecular weight excluding hydrogens is 270 g/mol. The summed E-state index contributed by atoms with van der Waals surface area (Å²) >= 11 is 0. The van der Waals surface area contributed by atoms with Gasteiger partial charge in [0.05, 0.1) is 12.7 Å². The minimum absolute atomic E-state index is 0.387. The molecule has 3 N–H and O–H groups in total. The molecule has 1 aliphatic carbocycles. The van der Waals surface area contributed by atoms with Gasteiger partial charge in [0.1, 0.15) is 18.4 Å². The van der Waals surface area contributed by atoms with E-state index in [2.05, 4.69) is 0 Å². The zero-order chi connectivity index (χ0) is 15.1. The number of carboxylic acid groups (broad SMARTS) is 1. The Morgan fingerprint density at radius 1 is 1.19 bits per heavy atom. The molecule has 5 nitrogen and oxygen atoms in total. The van der Waals surface area contributed by atoms with Crippen molar-refractivity contribution in [3.05, 3.63) is 29.8 Å². The number of carbonyl (C=O) groups is 1. The number of rotatable bonds is 7. The van der Waals surface area contributed by atoms with Gasteiger partial charge in [-0.05, 0) is 30.5 Å². The Morgan fingerprint density at radius 3 is 2.48 bits per heavy atom. The van der Waals surface area contributed by atoms with Crippen molar-refractivity contribution in [1.82, 2.24) is 0 Å². The van der Waals surface area contributed by atoms with Crippen LogP contribution in [0.4, 0.5) is 0 Å². The van der Waals surface area contributed by atoms with Crippen LogP contribution in [0, 0.1) is 0 Å². The van der Waals surface area contributed by atoms with Crippen LogP contribution >= 0.6 is 0 Å². The number of hydrogen-bond acceptors (Lipinski definition) is 4. The smallest absolute Gasteiger partial charge is 0.325 e. The maximum absolute atomic E-state index is 10.8. The van der Waals surface area contributed by atoms with Gasteiger partial charge in [0, 0.05) is 0 Å². The fraction of sp³-hybridized carbons (Fsp3) is 0.562. The van der Waals surface area contributed by atoms with Gasteiger partial charge in [0.25, 0.3) is 0 Å². The van der Waals surface area contributed by atoms with E-state index in [1.807, 2.05) is 0 Å². The van der Waals surface area contributed by atoms with E-state index in [9.17, 15) is 4.79 Å². The largest absolute Gasteiger partial charge is 0.491 e. The Morgan fingerprint density at radius 2 is 1.86 bits per heavy atom. The molecule has 0 radical (unpaired) electrons. The topological polar surface area (TPSA) is 81.8 Å². The van der Waals surface area contributed by atoms with Gasteiger partial charge in [-0.3, -0.25) is 4.79 Å². The lowest BCUT2D eigenvalue weighted by Crippen LogP contribution is -2.20. The van der Waals surface area contributed by atoms with E-state index in [0.29, 0.717) is 30.6 Å². The quantitative estimate of drug-likeness (QED) is 0.755. The normalized spacial score (nSPS) is 17.4. The summed E-state index contributed by atoms with van der Waals surface area (Å²) in [6.07, 6.45) is 6.54. The van der Waals surface area contributed by atoms with Crippen molar-refractivity contribution >= 4 is 5.97 Å². The number of carboxylic acids is 1. The van der Waals surface area contributed by atoms with Crippen molar-refractivity contribution in [3.63, 3.8) is 0 Å².